The summed E-state index contributed by atoms with van der Waals surface area (Å²) in [6.07, 6.45) is 3.69. The van der Waals surface area contributed by atoms with Gasteiger partial charge in [-0.25, -0.2) is 12.7 Å². The maximum Gasteiger partial charge on any atom is 0.215 e. The molecule has 1 heterocycles. The summed E-state index contributed by atoms with van der Waals surface area (Å²) in [5.41, 5.74) is 2.30. The molecule has 2 N–H and O–H groups in total. The number of hydrogen-bond acceptors (Lipinski definition) is 4. The van der Waals surface area contributed by atoms with Crippen LogP contribution in [0, 0.1) is 0 Å². The molecule has 28 heavy (non-hydrogen) atoms. The normalized spacial score (nSPS) is 12.4. The third kappa shape index (κ3) is 6.35. The minimum Gasteiger partial charge on any atom is -0.355 e. The van der Waals surface area contributed by atoms with Crippen LogP contribution in [0.25, 0.3) is 0 Å². The Labute approximate surface area is 167 Å². The molecule has 0 spiro atoms. The van der Waals surface area contributed by atoms with Crippen LogP contribution in [0.4, 0.5) is 0 Å². The lowest BCUT2D eigenvalue weighted by atomic mass is 10.1. The van der Waals surface area contributed by atoms with Gasteiger partial charge in [-0.15, -0.1) is 0 Å². The van der Waals surface area contributed by atoms with Gasteiger partial charge in [0, 0.05) is 45.6 Å². The number of sulfonamides is 1. The molecule has 9 heteroatoms. The molecule has 0 aliphatic rings. The fourth-order valence-electron chi connectivity index (χ4n) is 2.90. The second-order valence-electron chi connectivity index (χ2n) is 6.23. The molecule has 154 valence electrons. The second-order valence-corrected chi connectivity index (χ2v) is 8.31. The Hall–Kier alpha value is -2.39. The van der Waals surface area contributed by atoms with Crippen LogP contribution in [0.1, 0.15) is 25.0 Å². The SMILES string of the molecule is CCN(CC)S(=O)(=O)CCNC(=NC)NCc1ccccc1Cn1cccn1. The Kier molecular flexibility index (Phi) is 8.46. The maximum atomic E-state index is 12.3. The van der Waals surface area contributed by atoms with Crippen molar-refractivity contribution in [2.75, 3.05) is 32.4 Å². The first-order valence-corrected chi connectivity index (χ1v) is 11.1. The Morgan fingerprint density at radius 3 is 2.46 bits per heavy atom. The van der Waals surface area contributed by atoms with Crippen LogP contribution in [-0.2, 0) is 23.1 Å². The van der Waals surface area contributed by atoms with Crippen LogP contribution in [0.2, 0.25) is 0 Å². The van der Waals surface area contributed by atoms with Crippen LogP contribution in [0.5, 0.6) is 0 Å². The van der Waals surface area contributed by atoms with Crippen molar-refractivity contribution in [3.63, 3.8) is 0 Å². The molecule has 0 atom stereocenters. The van der Waals surface area contributed by atoms with E-state index in [1.54, 1.807) is 13.2 Å². The molecule has 0 amide bonds. The quantitative estimate of drug-likeness (QED) is 0.458. The summed E-state index contributed by atoms with van der Waals surface area (Å²) < 4.78 is 27.9. The third-order valence-electron chi connectivity index (χ3n) is 4.43. The molecule has 2 aromatic rings. The summed E-state index contributed by atoms with van der Waals surface area (Å²) in [4.78, 5) is 4.18. The van der Waals surface area contributed by atoms with E-state index in [2.05, 4.69) is 32.9 Å². The average Bonchev–Trinajstić information content (AvgIpc) is 3.19. The molecule has 0 fully saturated rings. The summed E-state index contributed by atoms with van der Waals surface area (Å²) in [5, 5.41) is 10.6. The van der Waals surface area contributed by atoms with Gasteiger partial charge in [0.1, 0.15) is 0 Å². The van der Waals surface area contributed by atoms with Gasteiger partial charge in [-0.1, -0.05) is 38.1 Å². The predicted octanol–water partition coefficient (Wildman–Crippen LogP) is 1.27. The monoisotopic (exact) mass is 406 g/mol. The van der Waals surface area contributed by atoms with E-state index >= 15 is 0 Å². The zero-order valence-electron chi connectivity index (χ0n) is 16.8. The first-order valence-electron chi connectivity index (χ1n) is 9.46. The molecule has 1 aromatic heterocycles. The van der Waals surface area contributed by atoms with Gasteiger partial charge < -0.3 is 10.6 Å². The van der Waals surface area contributed by atoms with Crippen molar-refractivity contribution in [1.82, 2.24) is 24.7 Å². The highest BCUT2D eigenvalue weighted by atomic mass is 32.2. The highest BCUT2D eigenvalue weighted by Gasteiger charge is 2.18. The predicted molar refractivity (Wildman–Crippen MR) is 113 cm³/mol. The number of rotatable bonds is 10. The van der Waals surface area contributed by atoms with E-state index in [1.165, 1.54) is 9.87 Å². The van der Waals surface area contributed by atoms with E-state index in [1.807, 2.05) is 42.9 Å². The van der Waals surface area contributed by atoms with Crippen LogP contribution in [0.3, 0.4) is 0 Å². The van der Waals surface area contributed by atoms with Crippen LogP contribution in [-0.4, -0.2) is 60.9 Å². The summed E-state index contributed by atoms with van der Waals surface area (Å²) in [5.74, 6) is 0.606. The van der Waals surface area contributed by atoms with E-state index in [-0.39, 0.29) is 5.75 Å². The summed E-state index contributed by atoms with van der Waals surface area (Å²) in [6.45, 7) is 6.23. The Morgan fingerprint density at radius 2 is 1.86 bits per heavy atom. The summed E-state index contributed by atoms with van der Waals surface area (Å²) in [7, 11) is -1.58. The van der Waals surface area contributed by atoms with Crippen LogP contribution >= 0.6 is 0 Å². The summed E-state index contributed by atoms with van der Waals surface area (Å²) >= 11 is 0. The minimum atomic E-state index is -3.25. The van der Waals surface area contributed by atoms with Crippen LogP contribution in [0.15, 0.2) is 47.7 Å². The lowest BCUT2D eigenvalue weighted by Gasteiger charge is -2.19. The number of aliphatic imine (C=N–C) groups is 1. The molecular formula is C19H30N6O2S. The standard InChI is InChI=1S/C19H30N6O2S/c1-4-25(5-2)28(26,27)14-12-21-19(20-3)22-15-17-9-6-7-10-18(17)16-24-13-8-11-23-24/h6-11,13H,4-5,12,14-16H2,1-3H3,(H2,20,21,22). The van der Waals surface area contributed by atoms with Crippen molar-refractivity contribution in [2.24, 2.45) is 4.99 Å². The molecule has 0 aliphatic heterocycles. The van der Waals surface area contributed by atoms with Gasteiger partial charge in [0.25, 0.3) is 0 Å². The van der Waals surface area contributed by atoms with E-state index in [9.17, 15) is 8.42 Å². The van der Waals surface area contributed by atoms with Gasteiger partial charge in [0.05, 0.1) is 12.3 Å². The molecule has 8 nitrogen and oxygen atoms in total. The van der Waals surface area contributed by atoms with Crippen LogP contribution < -0.4 is 10.6 Å². The number of guanidine groups is 1. The van der Waals surface area contributed by atoms with E-state index in [0.29, 0.717) is 38.7 Å². The van der Waals surface area contributed by atoms with Gasteiger partial charge in [-0.05, 0) is 17.2 Å². The molecule has 1 aromatic carbocycles. The number of benzene rings is 1. The Balaban J connectivity index is 1.89. The average molecular weight is 407 g/mol. The fourth-order valence-corrected chi connectivity index (χ4v) is 4.30. The molecule has 0 unspecified atom stereocenters. The topological polar surface area (TPSA) is 91.6 Å². The third-order valence-corrected chi connectivity index (χ3v) is 6.45. The molecule has 0 bridgehead atoms. The van der Waals surface area contributed by atoms with Crippen molar-refractivity contribution < 1.29 is 8.42 Å². The molecule has 0 saturated heterocycles. The number of nitrogens with one attached hydrogen (secondary N) is 2. The number of nitrogens with zero attached hydrogens (tertiary/aromatic N) is 4. The Morgan fingerprint density at radius 1 is 1.14 bits per heavy atom. The number of aromatic nitrogens is 2. The molecule has 0 aliphatic carbocycles. The number of hydrogen-bond donors (Lipinski definition) is 2. The maximum absolute atomic E-state index is 12.3. The first kappa shape index (κ1) is 21.9. The lowest BCUT2D eigenvalue weighted by Crippen LogP contribution is -2.42. The van der Waals surface area contributed by atoms with Gasteiger partial charge >= 0.3 is 0 Å². The lowest BCUT2D eigenvalue weighted by molar-refractivity contribution is 0.445. The smallest absolute Gasteiger partial charge is 0.215 e. The molecule has 0 radical (unpaired) electrons. The Bertz CT molecular complexity index is 845. The van der Waals surface area contributed by atoms with Gasteiger partial charge in [-0.3, -0.25) is 9.67 Å². The molecular weight excluding hydrogens is 376 g/mol. The highest BCUT2D eigenvalue weighted by molar-refractivity contribution is 7.89. The summed E-state index contributed by atoms with van der Waals surface area (Å²) in [6, 6.07) is 10.0. The minimum absolute atomic E-state index is 0.0330. The van der Waals surface area contributed by atoms with Gasteiger partial charge in [0.2, 0.25) is 10.0 Å². The van der Waals surface area contributed by atoms with Crippen molar-refractivity contribution in [3.05, 3.63) is 53.9 Å². The van der Waals surface area contributed by atoms with Crippen molar-refractivity contribution in [2.45, 2.75) is 26.9 Å². The fraction of sp³-hybridized carbons (Fsp3) is 0.474. The van der Waals surface area contributed by atoms with Crippen molar-refractivity contribution in [1.29, 1.82) is 0 Å². The zero-order chi connectivity index (χ0) is 20.4. The molecule has 0 saturated carbocycles. The van der Waals surface area contributed by atoms with Gasteiger partial charge in [-0.2, -0.15) is 5.10 Å². The zero-order valence-corrected chi connectivity index (χ0v) is 17.6. The van der Waals surface area contributed by atoms with Crippen molar-refractivity contribution in [3.8, 4) is 0 Å². The van der Waals surface area contributed by atoms with Gasteiger partial charge in [0.15, 0.2) is 5.96 Å². The van der Waals surface area contributed by atoms with E-state index in [0.717, 1.165) is 5.56 Å². The molecule has 2 rings (SSSR count). The highest BCUT2D eigenvalue weighted by Crippen LogP contribution is 2.10. The van der Waals surface area contributed by atoms with E-state index < -0.39 is 10.0 Å². The van der Waals surface area contributed by atoms with Crippen molar-refractivity contribution >= 4 is 16.0 Å². The van der Waals surface area contributed by atoms with E-state index in [4.69, 9.17) is 0 Å². The largest absolute Gasteiger partial charge is 0.355 e. The first-order chi connectivity index (χ1) is 13.5. The second kappa shape index (κ2) is 10.8.